The molecule has 0 aliphatic heterocycles. The minimum atomic E-state index is 0.783. The van der Waals surface area contributed by atoms with Crippen molar-refractivity contribution in [2.24, 2.45) is 0 Å². The summed E-state index contributed by atoms with van der Waals surface area (Å²) in [4.78, 5) is 5.57. The van der Waals surface area contributed by atoms with Crippen LogP contribution in [0.3, 0.4) is 0 Å². The quantitative estimate of drug-likeness (QED) is 0.902. The van der Waals surface area contributed by atoms with E-state index >= 15 is 0 Å². The Morgan fingerprint density at radius 3 is 2.82 bits per heavy atom. The lowest BCUT2D eigenvalue weighted by Crippen LogP contribution is -2.05. The maximum absolute atomic E-state index is 6.15. The number of nitrogens with zero attached hydrogens (tertiary/aromatic N) is 1. The molecular weight excluding hydrogens is 252 g/mol. The van der Waals surface area contributed by atoms with Gasteiger partial charge in [0.2, 0.25) is 0 Å². The smallest absolute Gasteiger partial charge is 0.0797 e. The summed E-state index contributed by atoms with van der Waals surface area (Å²) >= 11 is 7.86. The molecule has 2 rings (SSSR count). The van der Waals surface area contributed by atoms with Crippen LogP contribution in [-0.4, -0.2) is 11.5 Å². The van der Waals surface area contributed by atoms with E-state index in [4.69, 9.17) is 11.6 Å². The van der Waals surface area contributed by atoms with E-state index in [9.17, 15) is 0 Å². The number of hydrogen-bond donors (Lipinski definition) is 1. The lowest BCUT2D eigenvalue weighted by Gasteiger charge is -2.08. The van der Waals surface area contributed by atoms with Gasteiger partial charge in [0.05, 0.1) is 21.9 Å². The van der Waals surface area contributed by atoms with E-state index < -0.39 is 0 Å². The number of aromatic nitrogens is 1. The van der Waals surface area contributed by atoms with Gasteiger partial charge < -0.3 is 5.32 Å². The summed E-state index contributed by atoms with van der Waals surface area (Å²) < 4.78 is 0. The Balaban J connectivity index is 1.92. The van der Waals surface area contributed by atoms with E-state index in [0.717, 1.165) is 29.4 Å². The van der Waals surface area contributed by atoms with Gasteiger partial charge in [0.25, 0.3) is 0 Å². The molecule has 1 heterocycles. The minimum absolute atomic E-state index is 0.783. The van der Waals surface area contributed by atoms with Crippen LogP contribution in [-0.2, 0) is 6.42 Å². The highest BCUT2D eigenvalue weighted by molar-refractivity contribution is 7.09. The number of benzene rings is 1. The van der Waals surface area contributed by atoms with E-state index in [1.54, 1.807) is 11.3 Å². The van der Waals surface area contributed by atoms with Crippen molar-refractivity contribution < 1.29 is 0 Å². The van der Waals surface area contributed by atoms with Gasteiger partial charge in [0, 0.05) is 17.8 Å². The first-order valence-electron chi connectivity index (χ1n) is 5.56. The highest BCUT2D eigenvalue weighted by Gasteiger charge is 2.02. The maximum atomic E-state index is 6.15. The van der Waals surface area contributed by atoms with Gasteiger partial charge in [-0.25, -0.2) is 4.98 Å². The Labute approximate surface area is 111 Å². The Morgan fingerprint density at radius 2 is 2.18 bits per heavy atom. The van der Waals surface area contributed by atoms with Gasteiger partial charge in [-0.3, -0.25) is 0 Å². The molecule has 0 bridgehead atoms. The van der Waals surface area contributed by atoms with Crippen LogP contribution in [0.4, 0.5) is 5.69 Å². The zero-order valence-electron chi connectivity index (χ0n) is 9.96. The van der Waals surface area contributed by atoms with Gasteiger partial charge in [-0.1, -0.05) is 17.7 Å². The number of hydrogen-bond acceptors (Lipinski definition) is 3. The van der Waals surface area contributed by atoms with E-state index in [1.807, 2.05) is 31.5 Å². The number of anilines is 1. The molecule has 1 aromatic carbocycles. The summed E-state index contributed by atoms with van der Waals surface area (Å²) in [5, 5.41) is 4.14. The van der Waals surface area contributed by atoms with Crippen LogP contribution in [0, 0.1) is 13.8 Å². The fourth-order valence-corrected chi connectivity index (χ4v) is 2.72. The molecule has 0 radical (unpaired) electrons. The molecule has 17 heavy (non-hydrogen) atoms. The van der Waals surface area contributed by atoms with Gasteiger partial charge in [-0.05, 0) is 31.5 Å². The van der Waals surface area contributed by atoms with Crippen LogP contribution in [0.2, 0.25) is 5.02 Å². The molecule has 0 aliphatic carbocycles. The SMILES string of the molecule is Cc1ccc(NCCc2scnc2C)c(Cl)c1. The van der Waals surface area contributed by atoms with Gasteiger partial charge in [-0.2, -0.15) is 0 Å². The molecule has 2 nitrogen and oxygen atoms in total. The van der Waals surface area contributed by atoms with Crippen molar-refractivity contribution in [1.82, 2.24) is 4.98 Å². The minimum Gasteiger partial charge on any atom is -0.383 e. The van der Waals surface area contributed by atoms with E-state index in [1.165, 1.54) is 10.4 Å². The van der Waals surface area contributed by atoms with Crippen LogP contribution in [0.1, 0.15) is 16.1 Å². The monoisotopic (exact) mass is 266 g/mol. The van der Waals surface area contributed by atoms with Crippen molar-refractivity contribution in [2.75, 3.05) is 11.9 Å². The molecule has 0 saturated heterocycles. The van der Waals surface area contributed by atoms with E-state index in [2.05, 4.69) is 16.4 Å². The molecule has 0 aliphatic rings. The predicted octanol–water partition coefficient (Wildman–Crippen LogP) is 4.07. The summed E-state index contributed by atoms with van der Waals surface area (Å²) in [5.74, 6) is 0. The molecule has 0 unspecified atom stereocenters. The molecule has 0 spiro atoms. The Kier molecular flexibility index (Phi) is 4.02. The zero-order chi connectivity index (χ0) is 12.3. The third-order valence-electron chi connectivity index (χ3n) is 2.64. The van der Waals surface area contributed by atoms with Crippen LogP contribution >= 0.6 is 22.9 Å². The molecule has 0 amide bonds. The van der Waals surface area contributed by atoms with Crippen LogP contribution in [0.15, 0.2) is 23.7 Å². The number of aryl methyl sites for hydroxylation is 2. The van der Waals surface area contributed by atoms with Crippen LogP contribution in [0.5, 0.6) is 0 Å². The summed E-state index contributed by atoms with van der Waals surface area (Å²) in [6.45, 7) is 4.97. The average molecular weight is 267 g/mol. The lowest BCUT2D eigenvalue weighted by molar-refractivity contribution is 1.02. The Hall–Kier alpha value is -1.06. The third kappa shape index (κ3) is 3.20. The second-order valence-electron chi connectivity index (χ2n) is 4.02. The molecule has 1 aromatic heterocycles. The Bertz CT molecular complexity index is 508. The maximum Gasteiger partial charge on any atom is 0.0797 e. The molecular formula is C13H15ClN2S. The molecule has 1 N–H and O–H groups in total. The van der Waals surface area contributed by atoms with Crippen LogP contribution < -0.4 is 5.32 Å². The fourth-order valence-electron chi connectivity index (χ4n) is 1.64. The summed E-state index contributed by atoms with van der Waals surface area (Å²) in [5.41, 5.74) is 5.20. The molecule has 0 saturated carbocycles. The van der Waals surface area contributed by atoms with Crippen LogP contribution in [0.25, 0.3) is 0 Å². The Morgan fingerprint density at radius 1 is 1.35 bits per heavy atom. The number of halogens is 1. The topological polar surface area (TPSA) is 24.9 Å². The number of thiazole rings is 1. The summed E-state index contributed by atoms with van der Waals surface area (Å²) in [6.07, 6.45) is 0.987. The fraction of sp³-hybridized carbons (Fsp3) is 0.308. The van der Waals surface area contributed by atoms with Crippen molar-refractivity contribution in [3.8, 4) is 0 Å². The lowest BCUT2D eigenvalue weighted by atomic mass is 10.2. The normalized spacial score (nSPS) is 10.5. The van der Waals surface area contributed by atoms with Crippen molar-refractivity contribution in [3.63, 3.8) is 0 Å². The molecule has 90 valence electrons. The first-order valence-corrected chi connectivity index (χ1v) is 6.81. The predicted molar refractivity (Wildman–Crippen MR) is 75.2 cm³/mol. The number of nitrogens with one attached hydrogen (secondary N) is 1. The van der Waals surface area contributed by atoms with Gasteiger partial charge >= 0.3 is 0 Å². The summed E-state index contributed by atoms with van der Waals surface area (Å²) in [6, 6.07) is 6.06. The molecule has 2 aromatic rings. The second kappa shape index (κ2) is 5.52. The van der Waals surface area contributed by atoms with E-state index in [-0.39, 0.29) is 0 Å². The highest BCUT2D eigenvalue weighted by Crippen LogP contribution is 2.22. The first-order chi connectivity index (χ1) is 8.16. The highest BCUT2D eigenvalue weighted by atomic mass is 35.5. The van der Waals surface area contributed by atoms with Gasteiger partial charge in [-0.15, -0.1) is 11.3 Å². The zero-order valence-corrected chi connectivity index (χ0v) is 11.5. The first kappa shape index (κ1) is 12.4. The molecule has 0 atom stereocenters. The largest absolute Gasteiger partial charge is 0.383 e. The van der Waals surface area contributed by atoms with Gasteiger partial charge in [0.15, 0.2) is 0 Å². The number of rotatable bonds is 4. The average Bonchev–Trinajstić information content (AvgIpc) is 2.68. The third-order valence-corrected chi connectivity index (χ3v) is 3.94. The van der Waals surface area contributed by atoms with Crippen molar-refractivity contribution >= 4 is 28.6 Å². The van der Waals surface area contributed by atoms with Gasteiger partial charge in [0.1, 0.15) is 0 Å². The standard InChI is InChI=1S/C13H15ClN2S/c1-9-3-4-12(11(14)7-9)15-6-5-13-10(2)16-8-17-13/h3-4,7-8,15H,5-6H2,1-2H3. The van der Waals surface area contributed by atoms with Crippen molar-refractivity contribution in [2.45, 2.75) is 20.3 Å². The summed E-state index contributed by atoms with van der Waals surface area (Å²) in [7, 11) is 0. The van der Waals surface area contributed by atoms with Crippen molar-refractivity contribution in [3.05, 3.63) is 44.9 Å². The van der Waals surface area contributed by atoms with E-state index in [0.29, 0.717) is 0 Å². The molecule has 0 fully saturated rings. The molecule has 4 heteroatoms. The van der Waals surface area contributed by atoms with Crippen molar-refractivity contribution in [1.29, 1.82) is 0 Å². The second-order valence-corrected chi connectivity index (χ2v) is 5.37.